The molecule has 10 heteroatoms. The molecular weight excluding hydrogens is 426 g/mol. The van der Waals surface area contributed by atoms with Gasteiger partial charge in [0.2, 0.25) is 0 Å². The molecule has 3 N–H and O–H groups in total. The summed E-state index contributed by atoms with van der Waals surface area (Å²) in [6.07, 6.45) is 5.29. The molecule has 5 rings (SSSR count). The molecule has 1 spiro atoms. The highest BCUT2D eigenvalue weighted by molar-refractivity contribution is 7.05. The number of ether oxygens (including phenoxy) is 1. The van der Waals surface area contributed by atoms with Gasteiger partial charge in [-0.2, -0.15) is 5.10 Å². The van der Waals surface area contributed by atoms with Gasteiger partial charge in [0, 0.05) is 55.2 Å². The highest BCUT2D eigenvalue weighted by Crippen LogP contribution is 2.44. The van der Waals surface area contributed by atoms with Crippen molar-refractivity contribution in [3.8, 4) is 17.0 Å². The number of likely N-dealkylation sites (tertiary alicyclic amines) is 1. The molecule has 1 fully saturated rings. The standard InChI is InChI=1S/C22H27N7O2S/c1-3-24-21(30)28-8-5-22(13-28)6-9-29-19(22)11-16(27-29)15-10-17(20(23)25-12-15)31-14(2)18-4-7-26-32-18/h4,7,10-12,14H,3,5-6,8-9,13H2,1-2H3,(H2,23,25)(H,24,30)/t14?,22-/m1/s1. The van der Waals surface area contributed by atoms with Crippen LogP contribution in [-0.2, 0) is 12.0 Å². The van der Waals surface area contributed by atoms with Crippen LogP contribution in [-0.4, -0.2) is 49.7 Å². The van der Waals surface area contributed by atoms with Gasteiger partial charge in [-0.15, -0.1) is 0 Å². The molecule has 3 aromatic heterocycles. The van der Waals surface area contributed by atoms with Crippen LogP contribution in [0.1, 0.15) is 43.4 Å². The number of anilines is 1. The molecule has 0 bridgehead atoms. The van der Waals surface area contributed by atoms with Gasteiger partial charge in [0.1, 0.15) is 6.10 Å². The van der Waals surface area contributed by atoms with Crippen LogP contribution in [0.2, 0.25) is 0 Å². The Morgan fingerprint density at radius 1 is 1.38 bits per heavy atom. The number of carbonyl (C=O) groups is 1. The molecular formula is C22H27N7O2S. The molecule has 5 heterocycles. The van der Waals surface area contributed by atoms with E-state index in [1.54, 1.807) is 12.4 Å². The van der Waals surface area contributed by atoms with E-state index in [0.717, 1.165) is 48.6 Å². The number of nitrogens with two attached hydrogens (primary N) is 1. The minimum atomic E-state index is -0.170. The fourth-order valence-corrected chi connectivity index (χ4v) is 5.26. The summed E-state index contributed by atoms with van der Waals surface area (Å²) in [7, 11) is 0. The molecule has 32 heavy (non-hydrogen) atoms. The second kappa shape index (κ2) is 8.09. The van der Waals surface area contributed by atoms with E-state index in [4.69, 9.17) is 15.6 Å². The first-order valence-electron chi connectivity index (χ1n) is 10.9. The summed E-state index contributed by atoms with van der Waals surface area (Å²) in [5.74, 6) is 0.885. The number of nitrogens with one attached hydrogen (secondary N) is 1. The number of aryl methyl sites for hydroxylation is 1. The van der Waals surface area contributed by atoms with Gasteiger partial charge in [-0.3, -0.25) is 4.68 Å². The minimum absolute atomic E-state index is 0.0159. The van der Waals surface area contributed by atoms with Gasteiger partial charge < -0.3 is 20.7 Å². The summed E-state index contributed by atoms with van der Waals surface area (Å²) in [6, 6.07) is 5.99. The summed E-state index contributed by atoms with van der Waals surface area (Å²) in [5, 5.41) is 7.75. The van der Waals surface area contributed by atoms with E-state index in [1.807, 2.05) is 30.9 Å². The number of nitrogen functional groups attached to an aromatic ring is 1. The molecule has 2 aliphatic rings. The van der Waals surface area contributed by atoms with Gasteiger partial charge in [-0.25, -0.2) is 14.2 Å². The zero-order valence-corrected chi connectivity index (χ0v) is 19.1. The van der Waals surface area contributed by atoms with Gasteiger partial charge >= 0.3 is 6.03 Å². The topological polar surface area (TPSA) is 111 Å². The molecule has 9 nitrogen and oxygen atoms in total. The van der Waals surface area contributed by atoms with Crippen molar-refractivity contribution < 1.29 is 9.53 Å². The highest BCUT2D eigenvalue weighted by Gasteiger charge is 2.46. The lowest BCUT2D eigenvalue weighted by molar-refractivity contribution is 0.206. The van der Waals surface area contributed by atoms with Crippen molar-refractivity contribution in [2.75, 3.05) is 25.4 Å². The monoisotopic (exact) mass is 453 g/mol. The maximum absolute atomic E-state index is 12.3. The van der Waals surface area contributed by atoms with Gasteiger partial charge in [-0.05, 0) is 56.4 Å². The largest absolute Gasteiger partial charge is 0.481 e. The number of pyridine rings is 1. The van der Waals surface area contributed by atoms with E-state index in [1.165, 1.54) is 17.2 Å². The van der Waals surface area contributed by atoms with Crippen molar-refractivity contribution in [3.05, 3.63) is 41.2 Å². The Balaban J connectivity index is 1.39. The Morgan fingerprint density at radius 2 is 2.22 bits per heavy atom. The van der Waals surface area contributed by atoms with Crippen molar-refractivity contribution >= 4 is 23.4 Å². The number of nitrogens with zero attached hydrogens (tertiary/aromatic N) is 5. The van der Waals surface area contributed by atoms with E-state index in [2.05, 4.69) is 25.4 Å². The third kappa shape index (κ3) is 3.58. The smallest absolute Gasteiger partial charge is 0.317 e. The molecule has 3 aromatic rings. The Hall–Kier alpha value is -3.14. The maximum atomic E-state index is 12.3. The number of rotatable bonds is 5. The Kier molecular flexibility index (Phi) is 5.24. The first-order chi connectivity index (χ1) is 15.5. The maximum Gasteiger partial charge on any atom is 0.317 e. The second-order valence-corrected chi connectivity index (χ2v) is 9.32. The summed E-state index contributed by atoms with van der Waals surface area (Å²) in [4.78, 5) is 19.6. The van der Waals surface area contributed by atoms with Crippen molar-refractivity contribution in [1.29, 1.82) is 0 Å². The van der Waals surface area contributed by atoms with Crippen molar-refractivity contribution in [3.63, 3.8) is 0 Å². The fourth-order valence-electron chi connectivity index (χ4n) is 4.70. The average molecular weight is 454 g/mol. The average Bonchev–Trinajstić information content (AvgIpc) is 3.56. The van der Waals surface area contributed by atoms with Crippen molar-refractivity contribution in [2.45, 2.75) is 44.8 Å². The van der Waals surface area contributed by atoms with E-state index >= 15 is 0 Å². The van der Waals surface area contributed by atoms with Crippen LogP contribution in [0.4, 0.5) is 10.6 Å². The zero-order chi connectivity index (χ0) is 22.3. The van der Waals surface area contributed by atoms with Crippen LogP contribution in [0.3, 0.4) is 0 Å². The molecule has 1 unspecified atom stereocenters. The number of hydrogen-bond donors (Lipinski definition) is 2. The predicted molar refractivity (Wildman–Crippen MR) is 123 cm³/mol. The van der Waals surface area contributed by atoms with Gasteiger partial charge in [0.25, 0.3) is 0 Å². The summed E-state index contributed by atoms with van der Waals surface area (Å²) in [6.45, 7) is 6.90. The number of amides is 2. The molecule has 2 amide bonds. The Morgan fingerprint density at radius 3 is 3.00 bits per heavy atom. The first-order valence-corrected chi connectivity index (χ1v) is 11.7. The quantitative estimate of drug-likeness (QED) is 0.614. The van der Waals surface area contributed by atoms with Crippen LogP contribution < -0.4 is 15.8 Å². The Bertz CT molecular complexity index is 1130. The minimum Gasteiger partial charge on any atom is -0.481 e. The first kappa shape index (κ1) is 20.7. The van der Waals surface area contributed by atoms with Crippen molar-refractivity contribution in [2.24, 2.45) is 0 Å². The van der Waals surface area contributed by atoms with Crippen molar-refractivity contribution in [1.82, 2.24) is 29.4 Å². The number of fused-ring (bicyclic) bond motifs is 2. The molecule has 0 aromatic carbocycles. The van der Waals surface area contributed by atoms with E-state index in [-0.39, 0.29) is 17.6 Å². The van der Waals surface area contributed by atoms with Crippen LogP contribution in [0, 0.1) is 0 Å². The number of carbonyl (C=O) groups excluding carboxylic acids is 1. The molecule has 0 aliphatic carbocycles. The fraction of sp³-hybridized carbons (Fsp3) is 0.455. The third-order valence-corrected chi connectivity index (χ3v) is 7.34. The molecule has 168 valence electrons. The van der Waals surface area contributed by atoms with E-state index < -0.39 is 0 Å². The lowest BCUT2D eigenvalue weighted by Crippen LogP contribution is -2.40. The van der Waals surface area contributed by atoms with E-state index in [9.17, 15) is 4.79 Å². The lowest BCUT2D eigenvalue weighted by Gasteiger charge is -2.23. The molecule has 2 atom stereocenters. The Labute approximate surface area is 190 Å². The number of hydrogen-bond acceptors (Lipinski definition) is 7. The second-order valence-electron chi connectivity index (χ2n) is 8.46. The summed E-state index contributed by atoms with van der Waals surface area (Å²) >= 11 is 1.40. The lowest BCUT2D eigenvalue weighted by atomic mass is 9.82. The van der Waals surface area contributed by atoms with Crippen LogP contribution >= 0.6 is 11.5 Å². The van der Waals surface area contributed by atoms with Crippen LogP contribution in [0.15, 0.2) is 30.6 Å². The van der Waals surface area contributed by atoms with Crippen LogP contribution in [0.25, 0.3) is 11.3 Å². The van der Waals surface area contributed by atoms with Crippen LogP contribution in [0.5, 0.6) is 5.75 Å². The highest BCUT2D eigenvalue weighted by atomic mass is 32.1. The van der Waals surface area contributed by atoms with Gasteiger partial charge in [0.05, 0.1) is 10.6 Å². The molecule has 0 radical (unpaired) electrons. The number of aromatic nitrogens is 4. The summed E-state index contributed by atoms with van der Waals surface area (Å²) in [5.41, 5.74) is 8.96. The molecule has 0 saturated carbocycles. The normalized spacial score (nSPS) is 20.5. The zero-order valence-electron chi connectivity index (χ0n) is 18.2. The van der Waals surface area contributed by atoms with Gasteiger partial charge in [0.15, 0.2) is 11.6 Å². The predicted octanol–water partition coefficient (Wildman–Crippen LogP) is 3.20. The summed E-state index contributed by atoms with van der Waals surface area (Å²) < 4.78 is 12.3. The SMILES string of the molecule is CCNC(=O)N1CC[C@@]2(CCn3nc(-c4cnc(N)c(OC(C)c5ccns5)c4)cc32)C1. The van der Waals surface area contributed by atoms with Gasteiger partial charge in [-0.1, -0.05) is 0 Å². The molecule has 1 saturated heterocycles. The van der Waals surface area contributed by atoms with E-state index in [0.29, 0.717) is 18.1 Å². The third-order valence-electron chi connectivity index (χ3n) is 6.43. The number of urea groups is 1. The molecule has 2 aliphatic heterocycles.